The number of rotatable bonds is 3. The molecule has 3 heteroatoms. The van der Waals surface area contributed by atoms with Crippen LogP contribution in [0.5, 0.6) is 5.88 Å². The molecule has 0 fully saturated rings. The van der Waals surface area contributed by atoms with Crippen molar-refractivity contribution in [2.24, 2.45) is 0 Å². The Hall–Kier alpha value is -2.03. The lowest BCUT2D eigenvalue weighted by Crippen LogP contribution is -2.19. The first kappa shape index (κ1) is 11.1. The van der Waals surface area contributed by atoms with Crippen molar-refractivity contribution in [2.45, 2.75) is 18.9 Å². The molecule has 1 heterocycles. The summed E-state index contributed by atoms with van der Waals surface area (Å²) in [6.07, 6.45) is 3.99. The minimum absolute atomic E-state index is 0.470. The fourth-order valence-electron chi connectivity index (χ4n) is 2.48. The highest BCUT2D eigenvalue weighted by molar-refractivity contribution is 5.46. The maximum absolute atomic E-state index is 5.05. The minimum Gasteiger partial charge on any atom is -0.481 e. The number of benzene rings is 1. The normalized spacial score (nSPS) is 14.3. The Balaban J connectivity index is 1.68. The molecule has 2 aromatic rings. The van der Waals surface area contributed by atoms with Gasteiger partial charge in [0.05, 0.1) is 19.0 Å². The van der Waals surface area contributed by atoms with Gasteiger partial charge >= 0.3 is 0 Å². The lowest BCUT2D eigenvalue weighted by molar-refractivity contribution is 0.398. The van der Waals surface area contributed by atoms with E-state index in [1.807, 2.05) is 18.3 Å². The molecule has 0 saturated carbocycles. The summed E-state index contributed by atoms with van der Waals surface area (Å²) < 4.78 is 5.05. The van der Waals surface area contributed by atoms with Crippen molar-refractivity contribution < 1.29 is 4.74 Å². The topological polar surface area (TPSA) is 34.1 Å². The maximum atomic E-state index is 5.05. The molecular formula is C15H16N2O. The number of anilines is 1. The zero-order valence-corrected chi connectivity index (χ0v) is 10.4. The first-order valence-electron chi connectivity index (χ1n) is 6.18. The molecule has 92 valence electrons. The highest BCUT2D eigenvalue weighted by atomic mass is 16.5. The van der Waals surface area contributed by atoms with Crippen molar-refractivity contribution in [3.05, 3.63) is 53.7 Å². The fraction of sp³-hybridized carbons (Fsp3) is 0.267. The summed E-state index contributed by atoms with van der Waals surface area (Å²) >= 11 is 0. The predicted octanol–water partition coefficient (Wildman–Crippen LogP) is 2.67. The van der Waals surface area contributed by atoms with E-state index < -0.39 is 0 Å². The smallest absolute Gasteiger partial charge is 0.213 e. The van der Waals surface area contributed by atoms with Crippen molar-refractivity contribution in [3.63, 3.8) is 0 Å². The van der Waals surface area contributed by atoms with Crippen LogP contribution in [0.2, 0.25) is 0 Å². The van der Waals surface area contributed by atoms with Gasteiger partial charge in [-0.25, -0.2) is 4.98 Å². The van der Waals surface area contributed by atoms with Crippen LogP contribution in [-0.2, 0) is 12.8 Å². The van der Waals surface area contributed by atoms with Crippen molar-refractivity contribution in [3.8, 4) is 5.88 Å². The molecule has 1 aliphatic carbocycles. The molecule has 1 N–H and O–H groups in total. The van der Waals surface area contributed by atoms with Crippen LogP contribution in [0.4, 0.5) is 5.69 Å². The lowest BCUT2D eigenvalue weighted by Gasteiger charge is -2.13. The first-order valence-corrected chi connectivity index (χ1v) is 6.18. The second kappa shape index (κ2) is 4.69. The van der Waals surface area contributed by atoms with Gasteiger partial charge in [-0.05, 0) is 30.0 Å². The van der Waals surface area contributed by atoms with Crippen LogP contribution in [-0.4, -0.2) is 18.1 Å². The number of fused-ring (bicyclic) bond motifs is 1. The molecule has 3 rings (SSSR count). The van der Waals surface area contributed by atoms with Gasteiger partial charge in [-0.1, -0.05) is 24.3 Å². The molecule has 0 radical (unpaired) electrons. The molecule has 18 heavy (non-hydrogen) atoms. The summed E-state index contributed by atoms with van der Waals surface area (Å²) in [7, 11) is 1.63. The quantitative estimate of drug-likeness (QED) is 0.895. The van der Waals surface area contributed by atoms with E-state index in [-0.39, 0.29) is 0 Å². The van der Waals surface area contributed by atoms with E-state index in [0.717, 1.165) is 18.5 Å². The van der Waals surface area contributed by atoms with E-state index in [4.69, 9.17) is 4.74 Å². The Labute approximate surface area is 107 Å². The van der Waals surface area contributed by atoms with E-state index in [2.05, 4.69) is 34.6 Å². The van der Waals surface area contributed by atoms with Crippen LogP contribution in [0, 0.1) is 0 Å². The highest BCUT2D eigenvalue weighted by Gasteiger charge is 2.20. The van der Waals surface area contributed by atoms with Crippen LogP contribution in [0.3, 0.4) is 0 Å². The molecule has 1 aliphatic rings. The van der Waals surface area contributed by atoms with Crippen molar-refractivity contribution in [1.82, 2.24) is 4.98 Å². The Bertz CT molecular complexity index is 511. The third-order valence-corrected chi connectivity index (χ3v) is 3.37. The first-order chi connectivity index (χ1) is 8.85. The number of ether oxygens (including phenoxy) is 1. The molecule has 0 bridgehead atoms. The summed E-state index contributed by atoms with van der Waals surface area (Å²) in [5, 5.41) is 3.52. The van der Waals surface area contributed by atoms with E-state index >= 15 is 0 Å². The van der Waals surface area contributed by atoms with Crippen molar-refractivity contribution in [2.75, 3.05) is 12.4 Å². The van der Waals surface area contributed by atoms with Gasteiger partial charge in [-0.3, -0.25) is 0 Å². The zero-order valence-electron chi connectivity index (χ0n) is 10.4. The largest absolute Gasteiger partial charge is 0.481 e. The third kappa shape index (κ3) is 2.16. The Morgan fingerprint density at radius 3 is 2.39 bits per heavy atom. The van der Waals surface area contributed by atoms with E-state index in [1.165, 1.54) is 11.1 Å². The van der Waals surface area contributed by atoms with Gasteiger partial charge in [0.2, 0.25) is 5.88 Å². The Morgan fingerprint density at radius 2 is 1.83 bits per heavy atom. The molecule has 0 aliphatic heterocycles. The summed E-state index contributed by atoms with van der Waals surface area (Å²) in [6, 6.07) is 13.0. The van der Waals surface area contributed by atoms with Gasteiger partial charge in [-0.2, -0.15) is 0 Å². The molecule has 1 aromatic heterocycles. The average molecular weight is 240 g/mol. The van der Waals surface area contributed by atoms with Gasteiger partial charge < -0.3 is 10.1 Å². The number of hydrogen-bond donors (Lipinski definition) is 1. The molecule has 0 atom stereocenters. The van der Waals surface area contributed by atoms with E-state index in [0.29, 0.717) is 11.9 Å². The molecule has 1 aromatic carbocycles. The second-order valence-corrected chi connectivity index (χ2v) is 4.61. The Kier molecular flexibility index (Phi) is 2.89. The SMILES string of the molecule is COc1ccc(NC2Cc3ccccc3C2)cn1. The monoisotopic (exact) mass is 240 g/mol. The van der Waals surface area contributed by atoms with Gasteiger partial charge in [0.15, 0.2) is 0 Å². The standard InChI is InChI=1S/C15H16N2O/c1-18-15-7-6-13(10-16-15)17-14-8-11-4-2-3-5-12(11)9-14/h2-7,10,14,17H,8-9H2,1H3. The van der Waals surface area contributed by atoms with Crippen molar-refractivity contribution >= 4 is 5.69 Å². The van der Waals surface area contributed by atoms with Crippen LogP contribution in [0.15, 0.2) is 42.6 Å². The fourth-order valence-corrected chi connectivity index (χ4v) is 2.48. The van der Waals surface area contributed by atoms with Crippen LogP contribution < -0.4 is 10.1 Å². The van der Waals surface area contributed by atoms with Crippen molar-refractivity contribution in [1.29, 1.82) is 0 Å². The Morgan fingerprint density at radius 1 is 1.11 bits per heavy atom. The molecule has 3 nitrogen and oxygen atoms in total. The highest BCUT2D eigenvalue weighted by Crippen LogP contribution is 2.24. The van der Waals surface area contributed by atoms with Crippen LogP contribution in [0.1, 0.15) is 11.1 Å². The van der Waals surface area contributed by atoms with Gasteiger partial charge in [0.25, 0.3) is 0 Å². The molecule has 0 spiro atoms. The van der Waals surface area contributed by atoms with Gasteiger partial charge in [0, 0.05) is 12.1 Å². The molecule has 0 amide bonds. The number of methoxy groups -OCH3 is 1. The number of pyridine rings is 1. The average Bonchev–Trinajstić information content (AvgIpc) is 2.82. The third-order valence-electron chi connectivity index (χ3n) is 3.37. The summed E-state index contributed by atoms with van der Waals surface area (Å²) in [5.41, 5.74) is 3.96. The number of hydrogen-bond acceptors (Lipinski definition) is 3. The summed E-state index contributed by atoms with van der Waals surface area (Å²) in [6.45, 7) is 0. The second-order valence-electron chi connectivity index (χ2n) is 4.61. The zero-order chi connectivity index (χ0) is 12.4. The van der Waals surface area contributed by atoms with Gasteiger partial charge in [-0.15, -0.1) is 0 Å². The number of aromatic nitrogens is 1. The predicted molar refractivity (Wildman–Crippen MR) is 72.0 cm³/mol. The number of nitrogens with one attached hydrogen (secondary N) is 1. The number of nitrogens with zero attached hydrogens (tertiary/aromatic N) is 1. The minimum atomic E-state index is 0.470. The summed E-state index contributed by atoms with van der Waals surface area (Å²) in [5.74, 6) is 0.648. The van der Waals surface area contributed by atoms with Gasteiger partial charge in [0.1, 0.15) is 0 Å². The molecule has 0 unspecified atom stereocenters. The molecule has 0 saturated heterocycles. The maximum Gasteiger partial charge on any atom is 0.213 e. The molecular weight excluding hydrogens is 224 g/mol. The summed E-state index contributed by atoms with van der Waals surface area (Å²) in [4.78, 5) is 4.20. The van der Waals surface area contributed by atoms with E-state index in [1.54, 1.807) is 7.11 Å². The lowest BCUT2D eigenvalue weighted by atomic mass is 10.1. The van der Waals surface area contributed by atoms with E-state index in [9.17, 15) is 0 Å². The van der Waals surface area contributed by atoms with Crippen LogP contribution in [0.25, 0.3) is 0 Å². The van der Waals surface area contributed by atoms with Crippen LogP contribution >= 0.6 is 0 Å².